The molecule has 27 heavy (non-hydrogen) atoms. The Morgan fingerprint density at radius 1 is 0.852 bits per heavy atom. The molecule has 0 bridgehead atoms. The summed E-state index contributed by atoms with van der Waals surface area (Å²) in [4.78, 5) is 10.7. The van der Waals surface area contributed by atoms with E-state index in [0.29, 0.717) is 13.0 Å². The molecule has 160 valence electrons. The Kier molecular flexibility index (Phi) is 19.3. The molecule has 0 spiro atoms. The SMILES string of the molecule is CCCCCCCCCCCCCCC[C@H](O)C/C=C(\C)CCOC(C)=O. The number of hydrogen-bond acceptors (Lipinski definition) is 3. The number of hydrogen-bond donors (Lipinski definition) is 1. The lowest BCUT2D eigenvalue weighted by Gasteiger charge is -2.09. The van der Waals surface area contributed by atoms with Gasteiger partial charge in [-0.1, -0.05) is 102 Å². The van der Waals surface area contributed by atoms with Crippen molar-refractivity contribution in [1.29, 1.82) is 0 Å². The summed E-state index contributed by atoms with van der Waals surface area (Å²) >= 11 is 0. The van der Waals surface area contributed by atoms with Crippen LogP contribution in [0.25, 0.3) is 0 Å². The number of aliphatic hydroxyl groups is 1. The maximum absolute atomic E-state index is 10.7. The van der Waals surface area contributed by atoms with E-state index in [2.05, 4.69) is 13.0 Å². The summed E-state index contributed by atoms with van der Waals surface area (Å²) in [6, 6.07) is 0. The molecule has 1 N–H and O–H groups in total. The Labute approximate surface area is 169 Å². The van der Waals surface area contributed by atoms with Crippen molar-refractivity contribution in [2.45, 2.75) is 130 Å². The van der Waals surface area contributed by atoms with Gasteiger partial charge < -0.3 is 9.84 Å². The molecule has 0 aliphatic carbocycles. The van der Waals surface area contributed by atoms with Gasteiger partial charge in [-0.05, 0) is 19.8 Å². The molecule has 0 aromatic rings. The second kappa shape index (κ2) is 19.9. The van der Waals surface area contributed by atoms with Gasteiger partial charge in [-0.3, -0.25) is 4.79 Å². The topological polar surface area (TPSA) is 46.5 Å². The van der Waals surface area contributed by atoms with E-state index in [-0.39, 0.29) is 12.1 Å². The predicted molar refractivity (Wildman–Crippen MR) is 116 cm³/mol. The highest BCUT2D eigenvalue weighted by Gasteiger charge is 2.03. The average Bonchev–Trinajstić information content (AvgIpc) is 2.63. The smallest absolute Gasteiger partial charge is 0.302 e. The first-order valence-electron chi connectivity index (χ1n) is 11.5. The number of unbranched alkanes of at least 4 members (excludes halogenated alkanes) is 12. The Morgan fingerprint density at radius 2 is 1.33 bits per heavy atom. The highest BCUT2D eigenvalue weighted by atomic mass is 16.5. The zero-order valence-corrected chi connectivity index (χ0v) is 18.4. The van der Waals surface area contributed by atoms with Crippen molar-refractivity contribution >= 4 is 5.97 Å². The molecule has 3 heteroatoms. The predicted octanol–water partition coefficient (Wildman–Crippen LogP) is 7.12. The van der Waals surface area contributed by atoms with Gasteiger partial charge in [0.15, 0.2) is 0 Å². The fraction of sp³-hybridized carbons (Fsp3) is 0.875. The fourth-order valence-corrected chi connectivity index (χ4v) is 3.31. The minimum atomic E-state index is -0.235. The number of aliphatic hydroxyl groups excluding tert-OH is 1. The van der Waals surface area contributed by atoms with Crippen LogP contribution >= 0.6 is 0 Å². The van der Waals surface area contributed by atoms with E-state index in [1.54, 1.807) is 0 Å². The monoisotopic (exact) mass is 382 g/mol. The molecule has 0 radical (unpaired) electrons. The van der Waals surface area contributed by atoms with E-state index < -0.39 is 0 Å². The molecule has 0 saturated carbocycles. The van der Waals surface area contributed by atoms with Crippen molar-refractivity contribution in [3.05, 3.63) is 11.6 Å². The van der Waals surface area contributed by atoms with Gasteiger partial charge in [0.2, 0.25) is 0 Å². The highest BCUT2D eigenvalue weighted by Crippen LogP contribution is 2.14. The summed E-state index contributed by atoms with van der Waals surface area (Å²) in [6.45, 7) is 6.17. The van der Waals surface area contributed by atoms with Crippen molar-refractivity contribution in [1.82, 2.24) is 0 Å². The Hall–Kier alpha value is -0.830. The standard InChI is InChI=1S/C24H46O3/c1-4-5-6-7-8-9-10-11-12-13-14-15-16-17-24(26)19-18-22(2)20-21-27-23(3)25/h18,24,26H,4-17,19-21H2,1-3H3/b22-18+/t24-/m0/s1. The fourth-order valence-electron chi connectivity index (χ4n) is 3.31. The lowest BCUT2D eigenvalue weighted by molar-refractivity contribution is -0.140. The van der Waals surface area contributed by atoms with Gasteiger partial charge in [0.1, 0.15) is 0 Å². The molecule has 0 rings (SSSR count). The summed E-state index contributed by atoms with van der Waals surface area (Å²) in [7, 11) is 0. The van der Waals surface area contributed by atoms with Crippen LogP contribution < -0.4 is 0 Å². The molecule has 0 amide bonds. The average molecular weight is 383 g/mol. The third kappa shape index (κ3) is 21.3. The summed E-state index contributed by atoms with van der Waals surface area (Å²) in [6.07, 6.45) is 21.8. The van der Waals surface area contributed by atoms with Crippen molar-refractivity contribution in [2.75, 3.05) is 6.61 Å². The summed E-state index contributed by atoms with van der Waals surface area (Å²) < 4.78 is 4.93. The van der Waals surface area contributed by atoms with E-state index in [0.717, 1.165) is 19.3 Å². The molecule has 0 aromatic heterocycles. The van der Waals surface area contributed by atoms with Crippen LogP contribution in [0.3, 0.4) is 0 Å². The number of carbonyl (C=O) groups excluding carboxylic acids is 1. The van der Waals surface area contributed by atoms with Gasteiger partial charge in [-0.25, -0.2) is 0 Å². The summed E-state index contributed by atoms with van der Waals surface area (Å²) in [5.41, 5.74) is 1.18. The molecule has 0 aliphatic rings. The van der Waals surface area contributed by atoms with Crippen LogP contribution in [0.4, 0.5) is 0 Å². The van der Waals surface area contributed by atoms with Crippen molar-refractivity contribution in [3.63, 3.8) is 0 Å². The number of esters is 1. The molecule has 0 aromatic carbocycles. The van der Waals surface area contributed by atoms with Gasteiger partial charge in [0.05, 0.1) is 12.7 Å². The first-order chi connectivity index (χ1) is 13.1. The minimum absolute atomic E-state index is 0.231. The molecule has 0 unspecified atom stereocenters. The normalized spacial score (nSPS) is 13.0. The van der Waals surface area contributed by atoms with Crippen molar-refractivity contribution in [2.24, 2.45) is 0 Å². The molecule has 1 atom stereocenters. The first kappa shape index (κ1) is 26.2. The highest BCUT2D eigenvalue weighted by molar-refractivity contribution is 5.65. The Morgan fingerprint density at radius 3 is 1.81 bits per heavy atom. The van der Waals surface area contributed by atoms with Gasteiger partial charge in [0, 0.05) is 13.3 Å². The van der Waals surface area contributed by atoms with Crippen LogP contribution in [0.15, 0.2) is 11.6 Å². The molecule has 0 aliphatic heterocycles. The lowest BCUT2D eigenvalue weighted by atomic mass is 10.0. The number of carbonyl (C=O) groups is 1. The zero-order valence-electron chi connectivity index (χ0n) is 18.4. The van der Waals surface area contributed by atoms with Crippen molar-refractivity contribution in [3.8, 4) is 0 Å². The van der Waals surface area contributed by atoms with Crippen LogP contribution in [0.1, 0.15) is 124 Å². The minimum Gasteiger partial charge on any atom is -0.466 e. The molecule has 0 heterocycles. The summed E-state index contributed by atoms with van der Waals surface area (Å²) in [5.74, 6) is -0.231. The summed E-state index contributed by atoms with van der Waals surface area (Å²) in [5, 5.41) is 10.1. The number of ether oxygens (including phenoxy) is 1. The van der Waals surface area contributed by atoms with E-state index in [1.165, 1.54) is 89.5 Å². The quantitative estimate of drug-likeness (QED) is 0.147. The van der Waals surface area contributed by atoms with Crippen LogP contribution in [-0.4, -0.2) is 23.8 Å². The van der Waals surface area contributed by atoms with Gasteiger partial charge in [0.25, 0.3) is 0 Å². The van der Waals surface area contributed by atoms with Crippen molar-refractivity contribution < 1.29 is 14.6 Å². The third-order valence-electron chi connectivity index (χ3n) is 5.18. The second-order valence-electron chi connectivity index (χ2n) is 8.06. The largest absolute Gasteiger partial charge is 0.466 e. The Balaban J connectivity index is 3.35. The first-order valence-corrected chi connectivity index (χ1v) is 11.5. The molecule has 3 nitrogen and oxygen atoms in total. The van der Waals surface area contributed by atoms with Gasteiger partial charge >= 0.3 is 5.97 Å². The van der Waals surface area contributed by atoms with E-state index >= 15 is 0 Å². The molecule has 0 saturated heterocycles. The Bertz CT molecular complexity index is 363. The second-order valence-corrected chi connectivity index (χ2v) is 8.06. The third-order valence-corrected chi connectivity index (χ3v) is 5.18. The lowest BCUT2D eigenvalue weighted by Crippen LogP contribution is -2.05. The van der Waals surface area contributed by atoms with Crippen LogP contribution in [0, 0.1) is 0 Å². The van der Waals surface area contributed by atoms with Gasteiger partial charge in [-0.2, -0.15) is 0 Å². The molecular formula is C24H46O3. The van der Waals surface area contributed by atoms with Crippen LogP contribution in [0.5, 0.6) is 0 Å². The van der Waals surface area contributed by atoms with Gasteiger partial charge in [-0.15, -0.1) is 0 Å². The molecule has 0 fully saturated rings. The van der Waals surface area contributed by atoms with E-state index in [9.17, 15) is 9.90 Å². The van der Waals surface area contributed by atoms with E-state index in [4.69, 9.17) is 4.74 Å². The number of rotatable bonds is 19. The zero-order chi connectivity index (χ0) is 20.2. The van der Waals surface area contributed by atoms with Crippen LogP contribution in [-0.2, 0) is 9.53 Å². The maximum Gasteiger partial charge on any atom is 0.302 e. The van der Waals surface area contributed by atoms with Crippen LogP contribution in [0.2, 0.25) is 0 Å². The maximum atomic E-state index is 10.7. The van der Waals surface area contributed by atoms with E-state index in [1.807, 2.05) is 6.92 Å². The molecular weight excluding hydrogens is 336 g/mol.